The molecule has 0 radical (unpaired) electrons. The number of aromatic nitrogens is 2. The normalized spacial score (nSPS) is 12.1. The molecule has 0 aliphatic carbocycles. The number of hydrogen-bond acceptors (Lipinski definition) is 4. The molecule has 25 heavy (non-hydrogen) atoms. The SMILES string of the molecule is CCOc1cc(NC(=O)C(C)n2cc(Cl)c(C)n2)ccc1OC(F)F. The number of nitrogens with zero attached hydrogens (tertiary/aromatic N) is 2. The molecule has 9 heteroatoms. The van der Waals surface area contributed by atoms with Crippen molar-refractivity contribution in [3.63, 3.8) is 0 Å². The first-order chi connectivity index (χ1) is 11.8. The van der Waals surface area contributed by atoms with Crippen LogP contribution in [0, 0.1) is 6.92 Å². The number of benzene rings is 1. The number of aryl methyl sites for hydroxylation is 1. The lowest BCUT2D eigenvalue weighted by atomic mass is 10.2. The lowest BCUT2D eigenvalue weighted by Crippen LogP contribution is -2.24. The van der Waals surface area contributed by atoms with Crippen molar-refractivity contribution in [1.82, 2.24) is 9.78 Å². The van der Waals surface area contributed by atoms with E-state index >= 15 is 0 Å². The lowest BCUT2D eigenvalue weighted by Gasteiger charge is -2.15. The Morgan fingerprint density at radius 1 is 1.40 bits per heavy atom. The van der Waals surface area contributed by atoms with Crippen molar-refractivity contribution >= 4 is 23.2 Å². The molecule has 0 spiro atoms. The molecule has 0 saturated heterocycles. The zero-order valence-corrected chi connectivity index (χ0v) is 14.7. The number of amides is 1. The summed E-state index contributed by atoms with van der Waals surface area (Å²) in [4.78, 5) is 12.4. The fourth-order valence-electron chi connectivity index (χ4n) is 2.07. The van der Waals surface area contributed by atoms with E-state index in [0.717, 1.165) is 0 Å². The van der Waals surface area contributed by atoms with Gasteiger partial charge in [0.15, 0.2) is 11.5 Å². The molecule has 136 valence electrons. The molecule has 1 atom stereocenters. The Hall–Kier alpha value is -2.35. The summed E-state index contributed by atoms with van der Waals surface area (Å²) >= 11 is 5.95. The fourth-order valence-corrected chi connectivity index (χ4v) is 2.21. The van der Waals surface area contributed by atoms with Gasteiger partial charge in [-0.2, -0.15) is 13.9 Å². The first-order valence-corrected chi connectivity index (χ1v) is 7.93. The highest BCUT2D eigenvalue weighted by Crippen LogP contribution is 2.32. The van der Waals surface area contributed by atoms with Gasteiger partial charge in [0.05, 0.1) is 17.3 Å². The number of anilines is 1. The molecule has 2 aromatic rings. The monoisotopic (exact) mass is 373 g/mol. The number of carbonyl (C=O) groups is 1. The Morgan fingerprint density at radius 3 is 2.68 bits per heavy atom. The van der Waals surface area contributed by atoms with Crippen LogP contribution in [0.4, 0.5) is 14.5 Å². The van der Waals surface area contributed by atoms with Crippen molar-refractivity contribution in [2.45, 2.75) is 33.4 Å². The van der Waals surface area contributed by atoms with Gasteiger partial charge in [0.25, 0.3) is 0 Å². The van der Waals surface area contributed by atoms with Crippen LogP contribution in [-0.2, 0) is 4.79 Å². The average Bonchev–Trinajstić information content (AvgIpc) is 2.88. The summed E-state index contributed by atoms with van der Waals surface area (Å²) in [6.45, 7) is 2.41. The predicted molar refractivity (Wildman–Crippen MR) is 89.6 cm³/mol. The van der Waals surface area contributed by atoms with Crippen molar-refractivity contribution in [3.8, 4) is 11.5 Å². The largest absolute Gasteiger partial charge is 0.490 e. The number of nitrogens with one attached hydrogen (secondary N) is 1. The van der Waals surface area contributed by atoms with Gasteiger partial charge in [-0.1, -0.05) is 11.6 Å². The maximum Gasteiger partial charge on any atom is 0.387 e. The van der Waals surface area contributed by atoms with Gasteiger partial charge < -0.3 is 14.8 Å². The van der Waals surface area contributed by atoms with Gasteiger partial charge in [0, 0.05) is 18.0 Å². The third-order valence-electron chi connectivity index (χ3n) is 3.36. The van der Waals surface area contributed by atoms with Gasteiger partial charge in [0.1, 0.15) is 6.04 Å². The van der Waals surface area contributed by atoms with E-state index in [0.29, 0.717) is 16.4 Å². The van der Waals surface area contributed by atoms with Gasteiger partial charge in [0.2, 0.25) is 5.91 Å². The van der Waals surface area contributed by atoms with Crippen molar-refractivity contribution in [1.29, 1.82) is 0 Å². The van der Waals surface area contributed by atoms with Crippen LogP contribution in [0.5, 0.6) is 11.5 Å². The van der Waals surface area contributed by atoms with E-state index in [1.165, 1.54) is 22.9 Å². The molecule has 0 fully saturated rings. The zero-order chi connectivity index (χ0) is 18.6. The second kappa shape index (κ2) is 8.15. The smallest absolute Gasteiger partial charge is 0.387 e. The lowest BCUT2D eigenvalue weighted by molar-refractivity contribution is -0.119. The van der Waals surface area contributed by atoms with Crippen molar-refractivity contribution in [2.75, 3.05) is 11.9 Å². The van der Waals surface area contributed by atoms with Crippen LogP contribution < -0.4 is 14.8 Å². The summed E-state index contributed by atoms with van der Waals surface area (Å²) in [5, 5.41) is 7.31. The summed E-state index contributed by atoms with van der Waals surface area (Å²) in [5.74, 6) is -0.326. The Bertz CT molecular complexity index is 733. The summed E-state index contributed by atoms with van der Waals surface area (Å²) in [6.07, 6.45) is 1.56. The molecule has 0 bridgehead atoms. The third kappa shape index (κ3) is 4.82. The number of carbonyl (C=O) groups excluding carboxylic acids is 1. The van der Waals surface area contributed by atoms with E-state index in [1.807, 2.05) is 0 Å². The topological polar surface area (TPSA) is 65.4 Å². The number of ether oxygens (including phenoxy) is 2. The molecular formula is C16H18ClF2N3O3. The molecule has 0 aliphatic rings. The van der Waals surface area contributed by atoms with Crippen molar-refractivity contribution in [3.05, 3.63) is 35.1 Å². The van der Waals surface area contributed by atoms with E-state index in [1.54, 1.807) is 27.0 Å². The van der Waals surface area contributed by atoms with Crippen molar-refractivity contribution < 1.29 is 23.0 Å². The Morgan fingerprint density at radius 2 is 2.12 bits per heavy atom. The Kier molecular flexibility index (Phi) is 6.19. The van der Waals surface area contributed by atoms with E-state index < -0.39 is 12.7 Å². The van der Waals surface area contributed by atoms with E-state index in [9.17, 15) is 13.6 Å². The molecule has 1 N–H and O–H groups in total. The summed E-state index contributed by atoms with van der Waals surface area (Å²) in [5.41, 5.74) is 1.00. The van der Waals surface area contributed by atoms with Gasteiger partial charge in [-0.3, -0.25) is 9.48 Å². The Labute approximate surface area is 148 Å². The fraction of sp³-hybridized carbons (Fsp3) is 0.375. The van der Waals surface area contributed by atoms with Gasteiger partial charge in [-0.15, -0.1) is 0 Å². The van der Waals surface area contributed by atoms with E-state index in [-0.39, 0.29) is 24.0 Å². The zero-order valence-electron chi connectivity index (χ0n) is 13.9. The summed E-state index contributed by atoms with van der Waals surface area (Å²) in [7, 11) is 0. The first-order valence-electron chi connectivity index (χ1n) is 7.55. The number of alkyl halides is 2. The second-order valence-electron chi connectivity index (χ2n) is 5.18. The van der Waals surface area contributed by atoms with Crippen LogP contribution in [0.2, 0.25) is 5.02 Å². The second-order valence-corrected chi connectivity index (χ2v) is 5.59. The molecule has 0 aliphatic heterocycles. The standard InChI is InChI=1S/C16H18ClF2N3O3/c1-4-24-14-7-11(5-6-13(14)25-16(18)19)20-15(23)10(3)22-8-12(17)9(2)21-22/h5-8,10,16H,4H2,1-3H3,(H,20,23). The van der Waals surface area contributed by atoms with Crippen LogP contribution in [0.3, 0.4) is 0 Å². The number of hydrogen-bond donors (Lipinski definition) is 1. The number of halogens is 3. The minimum atomic E-state index is -2.97. The molecule has 2 rings (SSSR count). The van der Waals surface area contributed by atoms with Crippen molar-refractivity contribution in [2.24, 2.45) is 0 Å². The number of rotatable bonds is 7. The maximum absolute atomic E-state index is 12.4. The molecule has 1 unspecified atom stereocenters. The van der Waals surface area contributed by atoms with Gasteiger partial charge >= 0.3 is 6.61 Å². The van der Waals surface area contributed by atoms with Crippen LogP contribution in [0.15, 0.2) is 24.4 Å². The minimum absolute atomic E-state index is 0.0996. The molecular weight excluding hydrogens is 356 g/mol. The molecule has 1 aromatic carbocycles. The van der Waals surface area contributed by atoms with E-state index in [4.69, 9.17) is 16.3 Å². The van der Waals surface area contributed by atoms with Gasteiger partial charge in [-0.05, 0) is 32.9 Å². The highest BCUT2D eigenvalue weighted by molar-refractivity contribution is 6.31. The van der Waals surface area contributed by atoms with Crippen LogP contribution >= 0.6 is 11.6 Å². The highest BCUT2D eigenvalue weighted by Gasteiger charge is 2.18. The third-order valence-corrected chi connectivity index (χ3v) is 3.73. The molecule has 6 nitrogen and oxygen atoms in total. The quantitative estimate of drug-likeness (QED) is 0.795. The maximum atomic E-state index is 12.4. The molecule has 1 heterocycles. The summed E-state index contributed by atoms with van der Waals surface area (Å²) in [6, 6.07) is 3.57. The molecule has 0 saturated carbocycles. The molecule has 1 amide bonds. The molecule has 1 aromatic heterocycles. The minimum Gasteiger partial charge on any atom is -0.490 e. The Balaban J connectivity index is 2.15. The average molecular weight is 374 g/mol. The predicted octanol–water partition coefficient (Wildman–Crippen LogP) is 4.04. The van der Waals surface area contributed by atoms with Crippen LogP contribution in [-0.4, -0.2) is 28.9 Å². The summed E-state index contributed by atoms with van der Waals surface area (Å²) < 4.78 is 35.9. The van der Waals surface area contributed by atoms with Gasteiger partial charge in [-0.25, -0.2) is 0 Å². The van der Waals surface area contributed by atoms with Crippen LogP contribution in [0.25, 0.3) is 0 Å². The highest BCUT2D eigenvalue weighted by atomic mass is 35.5. The van der Waals surface area contributed by atoms with Crippen LogP contribution in [0.1, 0.15) is 25.6 Å². The first kappa shape index (κ1) is 19.0. The van der Waals surface area contributed by atoms with E-state index in [2.05, 4.69) is 15.2 Å².